The number of ether oxygens (including phenoxy) is 2. The van der Waals surface area contributed by atoms with Crippen LogP contribution in [0.15, 0.2) is 24.3 Å². The molecular formula is C24H31F6NO3. The Morgan fingerprint density at radius 1 is 0.882 bits per heavy atom. The number of carbonyl (C=O) groups excluding carboxylic acids is 1. The molecule has 0 saturated carbocycles. The minimum absolute atomic E-state index is 0.333. The van der Waals surface area contributed by atoms with E-state index in [1.807, 2.05) is 13.8 Å². The fourth-order valence-corrected chi connectivity index (χ4v) is 3.68. The molecule has 0 aromatic heterocycles. The molecule has 0 spiro atoms. The highest BCUT2D eigenvalue weighted by Crippen LogP contribution is 2.48. The van der Waals surface area contributed by atoms with Crippen molar-refractivity contribution in [3.05, 3.63) is 35.4 Å². The molecule has 0 radical (unpaired) electrons. The van der Waals surface area contributed by atoms with Crippen LogP contribution in [0.3, 0.4) is 0 Å². The maximum Gasteiger partial charge on any atom is 0.510 e. The van der Waals surface area contributed by atoms with Crippen LogP contribution in [0, 0.1) is 16.7 Å². The lowest BCUT2D eigenvalue weighted by Crippen LogP contribution is -2.61. The molecule has 4 nitrogen and oxygen atoms in total. The molecule has 1 aromatic carbocycles. The topological polar surface area (TPSA) is 59.3 Å². The normalized spacial score (nSPS) is 15.3. The first-order chi connectivity index (χ1) is 15.1. The van der Waals surface area contributed by atoms with Crippen LogP contribution >= 0.6 is 0 Å². The number of alkyl halides is 6. The van der Waals surface area contributed by atoms with Crippen LogP contribution in [0.1, 0.15) is 72.4 Å². The van der Waals surface area contributed by atoms with Gasteiger partial charge in [0.05, 0.1) is 11.5 Å². The predicted molar refractivity (Wildman–Crippen MR) is 114 cm³/mol. The molecule has 0 saturated heterocycles. The molecule has 0 aliphatic rings. The summed E-state index contributed by atoms with van der Waals surface area (Å²) < 4.78 is 91.5. The summed E-state index contributed by atoms with van der Waals surface area (Å²) in [6.45, 7) is 11.1. The van der Waals surface area contributed by atoms with Gasteiger partial charge in [0.15, 0.2) is 0 Å². The molecule has 1 unspecified atom stereocenters. The lowest BCUT2D eigenvalue weighted by molar-refractivity contribution is -0.368. The van der Waals surface area contributed by atoms with Gasteiger partial charge in [-0.25, -0.2) is 4.79 Å². The van der Waals surface area contributed by atoms with Crippen LogP contribution in [0.25, 0.3) is 0 Å². The van der Waals surface area contributed by atoms with Gasteiger partial charge in [0.25, 0.3) is 0 Å². The zero-order chi connectivity index (χ0) is 26.8. The van der Waals surface area contributed by atoms with Crippen LogP contribution in [0.5, 0.6) is 0 Å². The molecule has 0 heterocycles. The van der Waals surface area contributed by atoms with Gasteiger partial charge < -0.3 is 9.47 Å². The number of hydrogen-bond acceptors (Lipinski definition) is 4. The quantitative estimate of drug-likeness (QED) is 0.288. The minimum Gasteiger partial charge on any atom is -0.429 e. The van der Waals surface area contributed by atoms with Crippen molar-refractivity contribution in [2.45, 2.75) is 96.7 Å². The van der Waals surface area contributed by atoms with Crippen LogP contribution in [0.4, 0.5) is 31.1 Å². The summed E-state index contributed by atoms with van der Waals surface area (Å²) in [7, 11) is 0. The lowest BCUT2D eigenvalue weighted by Gasteiger charge is -2.37. The van der Waals surface area contributed by atoms with Crippen molar-refractivity contribution >= 4 is 6.16 Å². The Kier molecular flexibility index (Phi) is 8.41. The Hall–Kier alpha value is -2.44. The first-order valence-corrected chi connectivity index (χ1v) is 10.7. The molecule has 10 heteroatoms. The summed E-state index contributed by atoms with van der Waals surface area (Å²) in [6, 6.07) is 7.38. The highest BCUT2D eigenvalue weighted by molar-refractivity contribution is 5.61. The fraction of sp³-hybridized carbons (Fsp3) is 0.667. The average molecular weight is 496 g/mol. The van der Waals surface area contributed by atoms with Gasteiger partial charge in [-0.2, -0.15) is 31.6 Å². The van der Waals surface area contributed by atoms with Crippen molar-refractivity contribution in [1.29, 1.82) is 5.26 Å². The van der Waals surface area contributed by atoms with Crippen molar-refractivity contribution < 1.29 is 40.6 Å². The van der Waals surface area contributed by atoms with Gasteiger partial charge in [0.2, 0.25) is 0 Å². The van der Waals surface area contributed by atoms with Crippen LogP contribution in [-0.4, -0.2) is 29.7 Å². The Labute approximate surface area is 196 Å². The summed E-state index contributed by atoms with van der Waals surface area (Å²) in [5.74, 6) is 0. The molecule has 0 fully saturated rings. The Balaban J connectivity index is 3.42. The van der Waals surface area contributed by atoms with E-state index in [-0.39, 0.29) is 5.56 Å². The average Bonchev–Trinajstić information content (AvgIpc) is 2.64. The van der Waals surface area contributed by atoms with Crippen molar-refractivity contribution in [3.8, 4) is 6.07 Å². The third-order valence-electron chi connectivity index (χ3n) is 5.58. The van der Waals surface area contributed by atoms with Crippen LogP contribution in [0.2, 0.25) is 0 Å². The summed E-state index contributed by atoms with van der Waals surface area (Å²) in [5, 5.41) is 9.35. The molecule has 1 rings (SSSR count). The standard InChI is InChI=1S/C24H31F6NO3/c1-8-21(7,14-20(5,6)15-31)17-11-9-16(10-12-17)13-22(23(25,26)27,24(28,29)30)34-18(32)33-19(2,3)4/h9-12H,8,13-14H2,1-7H3. The molecule has 1 aromatic rings. The van der Waals surface area contributed by atoms with E-state index in [1.165, 1.54) is 32.9 Å². The Morgan fingerprint density at radius 3 is 1.71 bits per heavy atom. The van der Waals surface area contributed by atoms with Gasteiger partial charge in [0.1, 0.15) is 5.60 Å². The van der Waals surface area contributed by atoms with Crippen molar-refractivity contribution in [2.75, 3.05) is 0 Å². The number of nitrogens with zero attached hydrogens (tertiary/aromatic N) is 1. The number of hydrogen-bond donors (Lipinski definition) is 0. The Bertz CT molecular complexity index is 878. The zero-order valence-corrected chi connectivity index (χ0v) is 20.4. The minimum atomic E-state index is -5.96. The van der Waals surface area contributed by atoms with Gasteiger partial charge in [-0.3, -0.25) is 0 Å². The SMILES string of the molecule is CCC(C)(CC(C)(C)C#N)c1ccc(CC(OC(=O)OC(C)(C)C)(C(F)(F)F)C(F)(F)F)cc1. The second-order valence-electron chi connectivity index (χ2n) is 10.3. The predicted octanol–water partition coefficient (Wildman–Crippen LogP) is 7.65. The fourth-order valence-electron chi connectivity index (χ4n) is 3.68. The van der Waals surface area contributed by atoms with E-state index in [4.69, 9.17) is 0 Å². The maximum absolute atomic E-state index is 13.8. The van der Waals surface area contributed by atoms with E-state index < -0.39 is 47.0 Å². The molecule has 0 bridgehead atoms. The molecule has 0 N–H and O–H groups in total. The van der Waals surface area contributed by atoms with Crippen LogP contribution < -0.4 is 0 Å². The summed E-state index contributed by atoms with van der Waals surface area (Å²) in [5.41, 5.74) is -7.04. The monoisotopic (exact) mass is 495 g/mol. The zero-order valence-electron chi connectivity index (χ0n) is 20.4. The van der Waals surface area contributed by atoms with E-state index in [1.54, 1.807) is 13.8 Å². The second kappa shape index (κ2) is 9.67. The van der Waals surface area contributed by atoms with Gasteiger partial charge in [-0.05, 0) is 64.0 Å². The van der Waals surface area contributed by atoms with E-state index in [0.29, 0.717) is 18.4 Å². The largest absolute Gasteiger partial charge is 0.510 e. The molecule has 0 aliphatic carbocycles. The molecule has 34 heavy (non-hydrogen) atoms. The van der Waals surface area contributed by atoms with Crippen molar-refractivity contribution in [3.63, 3.8) is 0 Å². The summed E-state index contributed by atoms with van der Waals surface area (Å²) in [6.07, 6.45) is -14.6. The van der Waals surface area contributed by atoms with Gasteiger partial charge >= 0.3 is 24.1 Å². The molecule has 0 aliphatic heterocycles. The number of carbonyl (C=O) groups is 1. The number of benzene rings is 1. The highest BCUT2D eigenvalue weighted by atomic mass is 19.4. The molecule has 0 amide bonds. The summed E-state index contributed by atoms with van der Waals surface area (Å²) >= 11 is 0. The maximum atomic E-state index is 13.8. The molecule has 1 atom stereocenters. The first kappa shape index (κ1) is 29.6. The van der Waals surface area contributed by atoms with Crippen molar-refractivity contribution in [1.82, 2.24) is 0 Å². The number of nitriles is 1. The third kappa shape index (κ3) is 7.03. The lowest BCUT2D eigenvalue weighted by atomic mass is 9.69. The smallest absolute Gasteiger partial charge is 0.429 e. The van der Waals surface area contributed by atoms with Gasteiger partial charge in [-0.15, -0.1) is 0 Å². The van der Waals surface area contributed by atoms with Crippen LogP contribution in [-0.2, 0) is 21.3 Å². The Morgan fingerprint density at radius 2 is 1.35 bits per heavy atom. The molecule has 192 valence electrons. The van der Waals surface area contributed by atoms with Gasteiger partial charge in [0, 0.05) is 6.42 Å². The third-order valence-corrected chi connectivity index (χ3v) is 5.58. The molecular weight excluding hydrogens is 464 g/mol. The van der Waals surface area contributed by atoms with E-state index >= 15 is 0 Å². The van der Waals surface area contributed by atoms with E-state index in [0.717, 1.165) is 12.1 Å². The first-order valence-electron chi connectivity index (χ1n) is 10.7. The number of rotatable bonds is 7. The second-order valence-corrected chi connectivity index (χ2v) is 10.3. The summed E-state index contributed by atoms with van der Waals surface area (Å²) in [4.78, 5) is 11.9. The van der Waals surface area contributed by atoms with E-state index in [9.17, 15) is 36.4 Å². The van der Waals surface area contributed by atoms with Crippen molar-refractivity contribution in [2.24, 2.45) is 5.41 Å². The van der Waals surface area contributed by atoms with E-state index in [2.05, 4.69) is 15.5 Å². The van der Waals surface area contributed by atoms with Gasteiger partial charge in [-0.1, -0.05) is 38.1 Å². The highest BCUT2D eigenvalue weighted by Gasteiger charge is 2.74. The number of halogens is 6.